The Kier molecular flexibility index (Phi) is 1.75. The van der Waals surface area contributed by atoms with Crippen LogP contribution in [0.25, 0.3) is 11.1 Å². The Morgan fingerprint density at radius 3 is 2.87 bits per heavy atom. The second-order valence-electron chi connectivity index (χ2n) is 3.59. The van der Waals surface area contributed by atoms with Gasteiger partial charge < -0.3 is 4.74 Å². The van der Waals surface area contributed by atoms with Gasteiger partial charge in [0.1, 0.15) is 12.4 Å². The maximum Gasteiger partial charge on any atom is 0.351 e. The molecule has 0 atom stereocenters. The predicted octanol–water partition coefficient (Wildman–Crippen LogP) is 2.21. The molecule has 0 aromatic heterocycles. The molecule has 1 heterocycles. The molecule has 0 unspecified atom stereocenters. The molecule has 3 rings (SSSR count). The van der Waals surface area contributed by atoms with Crippen molar-refractivity contribution in [2.75, 3.05) is 7.11 Å². The molecule has 2 aliphatic carbocycles. The van der Waals surface area contributed by atoms with Crippen molar-refractivity contribution in [2.45, 2.75) is 6.61 Å². The van der Waals surface area contributed by atoms with Crippen LogP contribution in [0.4, 0.5) is 0 Å². The lowest BCUT2D eigenvalue weighted by Gasteiger charge is -1.98. The van der Waals surface area contributed by atoms with Crippen LogP contribution in [0.5, 0.6) is 5.75 Å². The molecule has 0 amide bonds. The summed E-state index contributed by atoms with van der Waals surface area (Å²) in [6.07, 6.45) is 0. The van der Waals surface area contributed by atoms with Crippen molar-refractivity contribution in [1.82, 2.24) is 0 Å². The van der Waals surface area contributed by atoms with Crippen LogP contribution in [0, 0.1) is 0 Å². The van der Waals surface area contributed by atoms with Crippen molar-refractivity contribution < 1.29 is 4.74 Å². The molecule has 0 fully saturated rings. The summed E-state index contributed by atoms with van der Waals surface area (Å²) < 4.78 is 11.0. The molecule has 2 heteroatoms. The van der Waals surface area contributed by atoms with Gasteiger partial charge in [-0.2, -0.15) is 0 Å². The minimum atomic E-state index is 0.660. The van der Waals surface area contributed by atoms with Gasteiger partial charge in [-0.3, -0.25) is 4.42 Å². The first kappa shape index (κ1) is 8.48. The fourth-order valence-corrected chi connectivity index (χ4v) is 2.06. The summed E-state index contributed by atoms with van der Waals surface area (Å²) >= 11 is 0. The number of hydrogen-bond acceptors (Lipinski definition) is 1. The third-order valence-corrected chi connectivity index (χ3v) is 2.76. The summed E-state index contributed by atoms with van der Waals surface area (Å²) in [6.45, 7) is 0.660. The topological polar surface area (TPSA) is 20.5 Å². The van der Waals surface area contributed by atoms with E-state index >= 15 is 0 Å². The van der Waals surface area contributed by atoms with E-state index in [9.17, 15) is 0 Å². The average Bonchev–Trinajstić information content (AvgIpc) is 2.55. The van der Waals surface area contributed by atoms with Gasteiger partial charge in [0.15, 0.2) is 0 Å². The lowest BCUT2D eigenvalue weighted by Crippen LogP contribution is -2.04. The van der Waals surface area contributed by atoms with Crippen LogP contribution in [0.1, 0.15) is 5.56 Å². The van der Waals surface area contributed by atoms with E-state index in [-0.39, 0.29) is 0 Å². The van der Waals surface area contributed by atoms with Crippen molar-refractivity contribution >= 4 is 0 Å². The van der Waals surface area contributed by atoms with Gasteiger partial charge in [-0.15, -0.1) is 0 Å². The Labute approximate surface area is 87.8 Å². The second-order valence-corrected chi connectivity index (χ2v) is 3.59. The molecule has 1 aliphatic heterocycles. The van der Waals surface area contributed by atoms with Crippen LogP contribution < -0.4 is 10.2 Å². The Hall–Kier alpha value is -1.83. The normalized spacial score (nSPS) is 14.3. The fourth-order valence-electron chi connectivity index (χ4n) is 2.06. The van der Waals surface area contributed by atoms with Crippen LogP contribution in [-0.4, -0.2) is 7.11 Å². The van der Waals surface area contributed by atoms with Crippen molar-refractivity contribution in [3.05, 3.63) is 51.8 Å². The molecule has 0 radical (unpaired) electrons. The van der Waals surface area contributed by atoms with Crippen molar-refractivity contribution in [2.24, 2.45) is 0 Å². The molecule has 0 aromatic carbocycles. The average molecular weight is 199 g/mol. The lowest BCUT2D eigenvalue weighted by molar-refractivity contribution is 0.326. The van der Waals surface area contributed by atoms with Gasteiger partial charge in [-0.1, -0.05) is 18.2 Å². The monoisotopic (exact) mass is 199 g/mol. The standard InChI is InChI=1S/C13H11O2/c1-14-11-6-7-12-13-9(8-15-12)4-2-3-5-10(11)13/h2-7H,8H2,1H3/q+1. The molecule has 74 valence electrons. The summed E-state index contributed by atoms with van der Waals surface area (Å²) in [4.78, 5) is 0. The summed E-state index contributed by atoms with van der Waals surface area (Å²) in [5.74, 6) is 0.956. The predicted molar refractivity (Wildman–Crippen MR) is 59.6 cm³/mol. The number of ether oxygens (including phenoxy) is 1. The molecule has 3 aliphatic rings. The maximum atomic E-state index is 5.60. The Morgan fingerprint density at radius 1 is 1.13 bits per heavy atom. The largest absolute Gasteiger partial charge is 0.488 e. The van der Waals surface area contributed by atoms with Gasteiger partial charge in [0.25, 0.3) is 7.11 Å². The van der Waals surface area contributed by atoms with E-state index in [1.54, 1.807) is 7.11 Å². The number of rotatable bonds is 0. The van der Waals surface area contributed by atoms with Gasteiger partial charge in [0.05, 0.1) is 5.56 Å². The van der Waals surface area contributed by atoms with E-state index in [1.807, 2.05) is 24.3 Å². The third-order valence-electron chi connectivity index (χ3n) is 2.76. The summed E-state index contributed by atoms with van der Waals surface area (Å²) in [5.41, 5.74) is 4.42. The highest BCUT2D eigenvalue weighted by Gasteiger charge is 2.23. The number of hydrogen-bond donors (Lipinski definition) is 0. The van der Waals surface area contributed by atoms with Gasteiger partial charge in [-0.25, -0.2) is 0 Å². The van der Waals surface area contributed by atoms with Gasteiger partial charge in [0.2, 0.25) is 0 Å². The van der Waals surface area contributed by atoms with E-state index in [2.05, 4.69) is 12.1 Å². The van der Waals surface area contributed by atoms with Gasteiger partial charge in [-0.05, 0) is 12.1 Å². The van der Waals surface area contributed by atoms with E-state index in [4.69, 9.17) is 9.16 Å². The van der Waals surface area contributed by atoms with Gasteiger partial charge >= 0.3 is 5.43 Å². The molecular formula is C13H11O2+. The molecule has 0 saturated heterocycles. The Bertz CT molecular complexity index is 558. The molecule has 0 bridgehead atoms. The maximum absolute atomic E-state index is 5.60. The molecule has 0 spiro atoms. The first-order chi connectivity index (χ1) is 7.40. The Balaban J connectivity index is 2.51. The smallest absolute Gasteiger partial charge is 0.351 e. The SMILES string of the molecule is C[O+]=c1ccc2c3c(ccccc1-3)CO2. The van der Waals surface area contributed by atoms with E-state index < -0.39 is 0 Å². The first-order valence-corrected chi connectivity index (χ1v) is 4.95. The third kappa shape index (κ3) is 1.14. The highest BCUT2D eigenvalue weighted by Crippen LogP contribution is 2.37. The van der Waals surface area contributed by atoms with E-state index in [1.165, 1.54) is 11.1 Å². The zero-order valence-electron chi connectivity index (χ0n) is 8.49. The molecule has 0 aromatic rings. The summed E-state index contributed by atoms with van der Waals surface area (Å²) in [6, 6.07) is 12.1. The van der Waals surface area contributed by atoms with Crippen molar-refractivity contribution in [1.29, 1.82) is 0 Å². The lowest BCUT2D eigenvalue weighted by atomic mass is 10.0. The zero-order valence-corrected chi connectivity index (χ0v) is 8.49. The number of benzene rings is 1. The Morgan fingerprint density at radius 2 is 2.00 bits per heavy atom. The minimum Gasteiger partial charge on any atom is -0.488 e. The van der Waals surface area contributed by atoms with Gasteiger partial charge in [0, 0.05) is 17.2 Å². The summed E-state index contributed by atoms with van der Waals surface area (Å²) in [5, 5.41) is 0. The quantitative estimate of drug-likeness (QED) is 0.596. The highest BCUT2D eigenvalue weighted by molar-refractivity contribution is 5.76. The molecular weight excluding hydrogens is 188 g/mol. The van der Waals surface area contributed by atoms with E-state index in [0.717, 1.165) is 16.7 Å². The fraction of sp³-hybridized carbons (Fsp3) is 0.154. The van der Waals surface area contributed by atoms with Crippen LogP contribution in [0.2, 0.25) is 0 Å². The first-order valence-electron chi connectivity index (χ1n) is 4.95. The molecule has 0 saturated carbocycles. The molecule has 15 heavy (non-hydrogen) atoms. The van der Waals surface area contributed by atoms with Crippen LogP contribution >= 0.6 is 0 Å². The van der Waals surface area contributed by atoms with Crippen LogP contribution in [0.3, 0.4) is 0 Å². The zero-order chi connectivity index (χ0) is 10.3. The molecule has 2 nitrogen and oxygen atoms in total. The summed E-state index contributed by atoms with van der Waals surface area (Å²) in [7, 11) is 1.69. The molecule has 0 N–H and O–H groups in total. The van der Waals surface area contributed by atoms with Crippen LogP contribution in [0.15, 0.2) is 40.8 Å². The van der Waals surface area contributed by atoms with Crippen molar-refractivity contribution in [3.8, 4) is 16.9 Å². The van der Waals surface area contributed by atoms with Crippen LogP contribution in [-0.2, 0) is 6.61 Å². The highest BCUT2D eigenvalue weighted by atomic mass is 16.5. The van der Waals surface area contributed by atoms with Crippen molar-refractivity contribution in [3.63, 3.8) is 0 Å². The second kappa shape index (κ2) is 3.09. The van der Waals surface area contributed by atoms with E-state index in [0.29, 0.717) is 6.61 Å². The minimum absolute atomic E-state index is 0.660.